The summed E-state index contributed by atoms with van der Waals surface area (Å²) in [5.74, 6) is 0.158. The third-order valence-corrected chi connectivity index (χ3v) is 6.13. The molecule has 1 heterocycles. The maximum atomic E-state index is 12.5. The van der Waals surface area contributed by atoms with Gasteiger partial charge < -0.3 is 5.32 Å². The molecule has 144 valence electrons. The molecule has 0 radical (unpaired) electrons. The van der Waals surface area contributed by atoms with Crippen molar-refractivity contribution in [3.63, 3.8) is 0 Å². The van der Waals surface area contributed by atoms with E-state index in [0.29, 0.717) is 6.54 Å². The zero-order chi connectivity index (χ0) is 18.2. The second-order valence-electron chi connectivity index (χ2n) is 8.27. The lowest BCUT2D eigenvalue weighted by Crippen LogP contribution is -2.58. The van der Waals surface area contributed by atoms with Crippen LogP contribution in [0.4, 0.5) is 0 Å². The zero-order valence-electron chi connectivity index (χ0n) is 16.4. The fraction of sp³-hybridized carbons (Fsp3) is 0.682. The molecular weight excluding hydrogens is 322 g/mol. The molecule has 2 aliphatic rings. The Kier molecular flexibility index (Phi) is 7.09. The number of nitrogens with zero attached hydrogens (tertiary/aromatic N) is 2. The SMILES string of the molecule is CN(CC(=O)NCC1(N2CCCCC2)CCCCC1)Cc1ccccc1. The molecule has 1 saturated carbocycles. The van der Waals surface area contributed by atoms with Crippen LogP contribution in [0.25, 0.3) is 0 Å². The van der Waals surface area contributed by atoms with Crippen LogP contribution in [0.3, 0.4) is 0 Å². The van der Waals surface area contributed by atoms with Crippen LogP contribution in [-0.4, -0.2) is 54.5 Å². The third-order valence-electron chi connectivity index (χ3n) is 6.13. The van der Waals surface area contributed by atoms with Gasteiger partial charge in [-0.25, -0.2) is 0 Å². The van der Waals surface area contributed by atoms with Gasteiger partial charge in [0.15, 0.2) is 0 Å². The number of rotatable bonds is 7. The molecule has 0 spiro atoms. The molecule has 1 aliphatic carbocycles. The number of hydrogen-bond donors (Lipinski definition) is 1. The van der Waals surface area contributed by atoms with E-state index < -0.39 is 0 Å². The molecule has 2 fully saturated rings. The average molecular weight is 358 g/mol. The van der Waals surface area contributed by atoms with Crippen LogP contribution >= 0.6 is 0 Å². The smallest absolute Gasteiger partial charge is 0.234 e. The molecule has 1 saturated heterocycles. The van der Waals surface area contributed by atoms with Gasteiger partial charge in [-0.3, -0.25) is 14.6 Å². The number of hydrogen-bond acceptors (Lipinski definition) is 3. The van der Waals surface area contributed by atoms with E-state index in [9.17, 15) is 4.79 Å². The molecule has 0 bridgehead atoms. The maximum absolute atomic E-state index is 12.5. The highest BCUT2D eigenvalue weighted by molar-refractivity contribution is 5.78. The van der Waals surface area contributed by atoms with Crippen molar-refractivity contribution in [3.8, 4) is 0 Å². The summed E-state index contributed by atoms with van der Waals surface area (Å²) in [5.41, 5.74) is 1.46. The first-order valence-electron chi connectivity index (χ1n) is 10.4. The Bertz CT molecular complexity index is 548. The van der Waals surface area contributed by atoms with Gasteiger partial charge in [0.05, 0.1) is 6.54 Å². The zero-order valence-corrected chi connectivity index (χ0v) is 16.4. The summed E-state index contributed by atoms with van der Waals surface area (Å²) in [5, 5.41) is 3.28. The van der Waals surface area contributed by atoms with Crippen LogP contribution in [0.15, 0.2) is 30.3 Å². The summed E-state index contributed by atoms with van der Waals surface area (Å²) in [6.07, 6.45) is 10.4. The van der Waals surface area contributed by atoms with Crippen molar-refractivity contribution in [1.82, 2.24) is 15.1 Å². The fourth-order valence-corrected chi connectivity index (χ4v) is 4.70. The number of piperidine rings is 1. The van der Waals surface area contributed by atoms with Gasteiger partial charge in [-0.05, 0) is 51.4 Å². The van der Waals surface area contributed by atoms with Gasteiger partial charge in [-0.15, -0.1) is 0 Å². The largest absolute Gasteiger partial charge is 0.353 e. The molecule has 1 aliphatic heterocycles. The number of amides is 1. The van der Waals surface area contributed by atoms with Crippen LogP contribution < -0.4 is 5.32 Å². The minimum absolute atomic E-state index is 0.158. The number of likely N-dealkylation sites (tertiary alicyclic amines) is 1. The topological polar surface area (TPSA) is 35.6 Å². The Morgan fingerprint density at radius 2 is 1.69 bits per heavy atom. The van der Waals surface area contributed by atoms with Crippen LogP contribution in [0.1, 0.15) is 56.9 Å². The van der Waals surface area contributed by atoms with Gasteiger partial charge in [0, 0.05) is 18.6 Å². The van der Waals surface area contributed by atoms with Crippen LogP contribution in [0.2, 0.25) is 0 Å². The Morgan fingerprint density at radius 3 is 2.38 bits per heavy atom. The van der Waals surface area contributed by atoms with Crippen LogP contribution in [0.5, 0.6) is 0 Å². The quantitative estimate of drug-likeness (QED) is 0.812. The molecule has 1 aromatic rings. The van der Waals surface area contributed by atoms with Gasteiger partial charge in [0.25, 0.3) is 0 Å². The fourth-order valence-electron chi connectivity index (χ4n) is 4.70. The summed E-state index contributed by atoms with van der Waals surface area (Å²) in [6, 6.07) is 10.4. The predicted molar refractivity (Wildman–Crippen MR) is 107 cm³/mol. The first kappa shape index (κ1) is 19.4. The van der Waals surface area contributed by atoms with Gasteiger partial charge in [0.1, 0.15) is 0 Å². The van der Waals surface area contributed by atoms with Crippen molar-refractivity contribution in [2.24, 2.45) is 0 Å². The lowest BCUT2D eigenvalue weighted by atomic mass is 9.79. The molecule has 3 rings (SSSR count). The van der Waals surface area contributed by atoms with E-state index in [-0.39, 0.29) is 11.4 Å². The number of benzene rings is 1. The van der Waals surface area contributed by atoms with Gasteiger partial charge in [-0.1, -0.05) is 56.0 Å². The van der Waals surface area contributed by atoms with Crippen molar-refractivity contribution >= 4 is 5.91 Å². The molecular formula is C22H35N3O. The van der Waals surface area contributed by atoms with Gasteiger partial charge >= 0.3 is 0 Å². The molecule has 0 atom stereocenters. The molecule has 0 aromatic heterocycles. The molecule has 1 amide bonds. The average Bonchev–Trinajstić information content (AvgIpc) is 2.68. The Hall–Kier alpha value is -1.39. The van der Waals surface area contributed by atoms with E-state index in [1.165, 1.54) is 70.0 Å². The van der Waals surface area contributed by atoms with Crippen molar-refractivity contribution in [2.75, 3.05) is 33.2 Å². The number of likely N-dealkylation sites (N-methyl/N-ethyl adjacent to an activating group) is 1. The summed E-state index contributed by atoms with van der Waals surface area (Å²) in [4.78, 5) is 17.3. The van der Waals surface area contributed by atoms with Crippen molar-refractivity contribution in [1.29, 1.82) is 0 Å². The lowest BCUT2D eigenvalue weighted by molar-refractivity contribution is -0.123. The molecule has 4 nitrogen and oxygen atoms in total. The van der Waals surface area contributed by atoms with E-state index in [2.05, 4.69) is 39.4 Å². The van der Waals surface area contributed by atoms with E-state index in [1.54, 1.807) is 0 Å². The summed E-state index contributed by atoms with van der Waals surface area (Å²) < 4.78 is 0. The van der Waals surface area contributed by atoms with E-state index in [0.717, 1.165) is 13.1 Å². The molecule has 26 heavy (non-hydrogen) atoms. The first-order chi connectivity index (χ1) is 12.7. The molecule has 0 unspecified atom stereocenters. The minimum atomic E-state index is 0.158. The second kappa shape index (κ2) is 9.52. The van der Waals surface area contributed by atoms with Crippen LogP contribution in [0, 0.1) is 0 Å². The second-order valence-corrected chi connectivity index (χ2v) is 8.27. The van der Waals surface area contributed by atoms with Crippen molar-refractivity contribution in [2.45, 2.75) is 63.5 Å². The van der Waals surface area contributed by atoms with E-state index >= 15 is 0 Å². The molecule has 1 N–H and O–H groups in total. The van der Waals surface area contributed by atoms with Crippen molar-refractivity contribution in [3.05, 3.63) is 35.9 Å². The number of nitrogens with one attached hydrogen (secondary N) is 1. The molecule has 4 heteroatoms. The van der Waals surface area contributed by atoms with Crippen molar-refractivity contribution < 1.29 is 4.79 Å². The summed E-state index contributed by atoms with van der Waals surface area (Å²) in [6.45, 7) is 4.52. The van der Waals surface area contributed by atoms with Gasteiger partial charge in [-0.2, -0.15) is 0 Å². The standard InChI is InChI=1S/C22H35N3O/c1-24(17-20-11-5-2-6-12-20)18-21(26)23-19-22(13-7-3-8-14-22)25-15-9-4-10-16-25/h2,5-6,11-12H,3-4,7-10,13-19H2,1H3,(H,23,26). The number of carbonyl (C=O) groups is 1. The maximum Gasteiger partial charge on any atom is 0.234 e. The monoisotopic (exact) mass is 357 g/mol. The first-order valence-corrected chi connectivity index (χ1v) is 10.4. The highest BCUT2D eigenvalue weighted by Gasteiger charge is 2.38. The normalized spacial score (nSPS) is 20.8. The molecule has 1 aromatic carbocycles. The van der Waals surface area contributed by atoms with Crippen LogP contribution in [-0.2, 0) is 11.3 Å². The third kappa shape index (κ3) is 5.31. The minimum Gasteiger partial charge on any atom is -0.353 e. The predicted octanol–water partition coefficient (Wildman–Crippen LogP) is 3.42. The summed E-state index contributed by atoms with van der Waals surface area (Å²) >= 11 is 0. The Morgan fingerprint density at radius 1 is 1.04 bits per heavy atom. The lowest BCUT2D eigenvalue weighted by Gasteiger charge is -2.48. The van der Waals surface area contributed by atoms with Gasteiger partial charge in [0.2, 0.25) is 5.91 Å². The number of carbonyl (C=O) groups excluding carboxylic acids is 1. The van der Waals surface area contributed by atoms with E-state index in [1.807, 2.05) is 13.1 Å². The highest BCUT2D eigenvalue weighted by Crippen LogP contribution is 2.35. The Balaban J connectivity index is 1.50. The van der Waals surface area contributed by atoms with E-state index in [4.69, 9.17) is 0 Å². The summed E-state index contributed by atoms with van der Waals surface area (Å²) in [7, 11) is 2.02. The highest BCUT2D eigenvalue weighted by atomic mass is 16.2. The Labute approximate surface area is 158 Å².